The first-order valence-electron chi connectivity index (χ1n) is 6.73. The highest BCUT2D eigenvalue weighted by Gasteiger charge is 2.34. The van der Waals surface area contributed by atoms with Crippen molar-refractivity contribution in [3.8, 4) is 0 Å². The molecule has 0 N–H and O–H groups in total. The maximum atomic E-state index is 2.43. The summed E-state index contributed by atoms with van der Waals surface area (Å²) in [5.74, 6) is 0.740. The minimum Gasteiger partial charge on any atom is -0.0683 e. The Balaban J connectivity index is 0.000000606. The van der Waals surface area contributed by atoms with Crippen LogP contribution in [0.5, 0.6) is 0 Å². The van der Waals surface area contributed by atoms with E-state index in [1.807, 2.05) is 13.8 Å². The van der Waals surface area contributed by atoms with E-state index < -0.39 is 0 Å². The lowest BCUT2D eigenvalue weighted by atomic mass is 9.65. The number of hydrogen-bond donors (Lipinski definition) is 0. The molecule has 1 aromatic rings. The van der Waals surface area contributed by atoms with Crippen LogP contribution >= 0.6 is 0 Å². The summed E-state index contributed by atoms with van der Waals surface area (Å²) < 4.78 is 0. The van der Waals surface area contributed by atoms with Gasteiger partial charge in [0.1, 0.15) is 0 Å². The van der Waals surface area contributed by atoms with Crippen molar-refractivity contribution in [2.75, 3.05) is 0 Å². The second kappa shape index (κ2) is 5.52. The van der Waals surface area contributed by atoms with Crippen LogP contribution in [-0.2, 0) is 11.8 Å². The van der Waals surface area contributed by atoms with Crippen LogP contribution in [0.15, 0.2) is 24.3 Å². The predicted molar refractivity (Wildman–Crippen MR) is 72.9 cm³/mol. The monoisotopic (exact) mass is 218 g/mol. The van der Waals surface area contributed by atoms with Crippen molar-refractivity contribution in [2.24, 2.45) is 5.92 Å². The molecule has 1 aromatic carbocycles. The first kappa shape index (κ1) is 13.3. The van der Waals surface area contributed by atoms with Crippen LogP contribution in [-0.4, -0.2) is 0 Å². The van der Waals surface area contributed by atoms with Gasteiger partial charge < -0.3 is 0 Å². The minimum absolute atomic E-state index is 0.412. The fraction of sp³-hybridized carbons (Fsp3) is 0.625. The van der Waals surface area contributed by atoms with Gasteiger partial charge in [-0.3, -0.25) is 0 Å². The molecular weight excluding hydrogens is 192 g/mol. The van der Waals surface area contributed by atoms with Gasteiger partial charge in [0, 0.05) is 0 Å². The molecule has 0 radical (unpaired) electrons. The van der Waals surface area contributed by atoms with Crippen molar-refractivity contribution >= 4 is 0 Å². The Morgan fingerprint density at radius 2 is 1.75 bits per heavy atom. The maximum absolute atomic E-state index is 2.43. The van der Waals surface area contributed by atoms with E-state index in [4.69, 9.17) is 0 Å². The summed E-state index contributed by atoms with van der Waals surface area (Å²) in [6.07, 6.45) is 3.98. The van der Waals surface area contributed by atoms with Gasteiger partial charge in [0.15, 0.2) is 0 Å². The lowest BCUT2D eigenvalue weighted by Crippen LogP contribution is -2.32. The third-order valence-corrected chi connectivity index (χ3v) is 4.05. The topological polar surface area (TPSA) is 0 Å². The number of fused-ring (bicyclic) bond motifs is 1. The predicted octanol–water partition coefficient (Wildman–Crippen LogP) is 4.96. The zero-order valence-electron chi connectivity index (χ0n) is 11.5. The summed E-state index contributed by atoms with van der Waals surface area (Å²) in [5.41, 5.74) is 3.59. The summed E-state index contributed by atoms with van der Waals surface area (Å²) >= 11 is 0. The van der Waals surface area contributed by atoms with Crippen molar-refractivity contribution < 1.29 is 0 Å². The maximum Gasteiger partial charge on any atom is -0.00494 e. The van der Waals surface area contributed by atoms with Gasteiger partial charge >= 0.3 is 0 Å². The third-order valence-electron chi connectivity index (χ3n) is 4.05. The highest BCUT2D eigenvalue weighted by atomic mass is 14.4. The van der Waals surface area contributed by atoms with E-state index in [1.165, 1.54) is 19.3 Å². The fourth-order valence-corrected chi connectivity index (χ4v) is 2.68. The summed E-state index contributed by atoms with van der Waals surface area (Å²) in [5, 5.41) is 0. The van der Waals surface area contributed by atoms with Gasteiger partial charge in [-0.1, -0.05) is 58.9 Å². The number of aryl methyl sites for hydroxylation is 1. The smallest absolute Gasteiger partial charge is 0.00494 e. The molecule has 0 heteroatoms. The van der Waals surface area contributed by atoms with E-state index >= 15 is 0 Å². The SMILES string of the molecule is CC.CC(C)C1(C)CCCc2ccccc21. The van der Waals surface area contributed by atoms with Crippen molar-refractivity contribution in [2.45, 2.75) is 59.3 Å². The lowest BCUT2D eigenvalue weighted by Gasteiger charge is -2.39. The Morgan fingerprint density at radius 3 is 2.38 bits per heavy atom. The molecule has 1 aliphatic carbocycles. The molecule has 0 bridgehead atoms. The average molecular weight is 218 g/mol. The number of hydrogen-bond acceptors (Lipinski definition) is 0. The third kappa shape index (κ3) is 2.31. The van der Waals surface area contributed by atoms with Gasteiger partial charge in [-0.15, -0.1) is 0 Å². The van der Waals surface area contributed by atoms with Gasteiger partial charge in [0.2, 0.25) is 0 Å². The van der Waals surface area contributed by atoms with Crippen LogP contribution in [0.2, 0.25) is 0 Å². The molecule has 0 nitrogen and oxygen atoms in total. The average Bonchev–Trinajstić information content (AvgIpc) is 2.32. The van der Waals surface area contributed by atoms with E-state index in [0.29, 0.717) is 5.41 Å². The van der Waals surface area contributed by atoms with E-state index in [2.05, 4.69) is 45.0 Å². The number of rotatable bonds is 1. The molecule has 2 rings (SSSR count). The van der Waals surface area contributed by atoms with Gasteiger partial charge in [-0.25, -0.2) is 0 Å². The Kier molecular flexibility index (Phi) is 4.58. The summed E-state index contributed by atoms with van der Waals surface area (Å²) in [6.45, 7) is 11.1. The molecule has 0 heterocycles. The van der Waals surface area contributed by atoms with Crippen molar-refractivity contribution in [1.82, 2.24) is 0 Å². The van der Waals surface area contributed by atoms with E-state index in [1.54, 1.807) is 11.1 Å². The fourth-order valence-electron chi connectivity index (χ4n) is 2.68. The highest BCUT2D eigenvalue weighted by molar-refractivity contribution is 5.36. The molecule has 0 spiro atoms. The van der Waals surface area contributed by atoms with Gasteiger partial charge in [-0.05, 0) is 41.7 Å². The summed E-state index contributed by atoms with van der Waals surface area (Å²) in [4.78, 5) is 0. The Morgan fingerprint density at radius 1 is 1.12 bits per heavy atom. The summed E-state index contributed by atoms with van der Waals surface area (Å²) in [7, 11) is 0. The molecule has 1 unspecified atom stereocenters. The normalized spacial score (nSPS) is 23.4. The standard InChI is InChI=1S/C14H20.C2H6/c1-11(2)14(3)10-6-8-12-7-4-5-9-13(12)14;1-2/h4-5,7,9,11H,6,8,10H2,1-3H3;1-2H3. The van der Waals surface area contributed by atoms with E-state index in [-0.39, 0.29) is 0 Å². The molecule has 0 fully saturated rings. The molecule has 0 saturated carbocycles. The van der Waals surface area contributed by atoms with Crippen molar-refractivity contribution in [3.05, 3.63) is 35.4 Å². The zero-order chi connectivity index (χ0) is 12.2. The number of benzene rings is 1. The van der Waals surface area contributed by atoms with Crippen LogP contribution < -0.4 is 0 Å². The molecule has 0 amide bonds. The molecular formula is C16H26. The van der Waals surface area contributed by atoms with Crippen LogP contribution in [0.3, 0.4) is 0 Å². The van der Waals surface area contributed by atoms with Gasteiger partial charge in [0.25, 0.3) is 0 Å². The van der Waals surface area contributed by atoms with Crippen LogP contribution in [0.25, 0.3) is 0 Å². The van der Waals surface area contributed by atoms with Crippen LogP contribution in [0.1, 0.15) is 58.6 Å². The molecule has 16 heavy (non-hydrogen) atoms. The van der Waals surface area contributed by atoms with E-state index in [0.717, 1.165) is 5.92 Å². The molecule has 0 aromatic heterocycles. The molecule has 0 aliphatic heterocycles. The molecule has 1 atom stereocenters. The second-order valence-corrected chi connectivity index (χ2v) is 5.08. The summed E-state index contributed by atoms with van der Waals surface area (Å²) in [6, 6.07) is 8.99. The Bertz CT molecular complexity index is 325. The van der Waals surface area contributed by atoms with Crippen molar-refractivity contribution in [3.63, 3.8) is 0 Å². The zero-order valence-corrected chi connectivity index (χ0v) is 11.5. The Hall–Kier alpha value is -0.780. The highest BCUT2D eigenvalue weighted by Crippen LogP contribution is 2.42. The molecule has 90 valence electrons. The second-order valence-electron chi connectivity index (χ2n) is 5.08. The van der Waals surface area contributed by atoms with Gasteiger partial charge in [0.05, 0.1) is 0 Å². The quantitative estimate of drug-likeness (QED) is 0.625. The minimum atomic E-state index is 0.412. The lowest BCUT2D eigenvalue weighted by molar-refractivity contribution is 0.290. The van der Waals surface area contributed by atoms with Crippen molar-refractivity contribution in [1.29, 1.82) is 0 Å². The van der Waals surface area contributed by atoms with Crippen LogP contribution in [0, 0.1) is 5.92 Å². The van der Waals surface area contributed by atoms with Gasteiger partial charge in [-0.2, -0.15) is 0 Å². The van der Waals surface area contributed by atoms with Crippen LogP contribution in [0.4, 0.5) is 0 Å². The molecule has 1 aliphatic rings. The Labute approximate surface area is 101 Å². The first-order chi connectivity index (χ1) is 7.64. The largest absolute Gasteiger partial charge is 0.0683 e. The first-order valence-corrected chi connectivity index (χ1v) is 6.73. The van der Waals surface area contributed by atoms with E-state index in [9.17, 15) is 0 Å². The molecule has 0 saturated heterocycles.